The minimum absolute atomic E-state index is 0.0535. The molecule has 2 saturated carbocycles. The first kappa shape index (κ1) is 37.4. The first-order chi connectivity index (χ1) is 26.3. The van der Waals surface area contributed by atoms with E-state index < -0.39 is 11.6 Å². The highest BCUT2D eigenvalue weighted by atomic mass is 19.1. The predicted octanol–water partition coefficient (Wildman–Crippen LogP) is 13.7. The second-order valence-corrected chi connectivity index (χ2v) is 15.3. The van der Waals surface area contributed by atoms with Crippen molar-refractivity contribution in [2.24, 2.45) is 16.8 Å². The summed E-state index contributed by atoms with van der Waals surface area (Å²) in [6.07, 6.45) is 12.8. The maximum Gasteiger partial charge on any atom is 0.187 e. The number of nitrogens with one attached hydrogen (secondary N) is 1. The zero-order chi connectivity index (χ0) is 37.8. The summed E-state index contributed by atoms with van der Waals surface area (Å²) in [5.41, 5.74) is 9.39. The SMILES string of the molecule is [C-]#[N+]c1ccc(C2=C(C(C)C)C(=C(Oc3c(CC)cccc3CC)c3[nH]c(C4CCCCC4)cc3Oc3ccc(F)cc3F)N=C2C2CCCCC2)cc1. The number of aryl methyl sites for hydroxylation is 2. The summed E-state index contributed by atoms with van der Waals surface area (Å²) in [5, 5.41) is 0. The van der Waals surface area contributed by atoms with E-state index >= 15 is 4.39 Å². The fourth-order valence-electron chi connectivity index (χ4n) is 8.57. The number of H-pyrrole nitrogens is 1. The lowest BCUT2D eigenvalue weighted by atomic mass is 9.80. The Kier molecular flexibility index (Phi) is 11.5. The molecular weight excluding hydrogens is 677 g/mol. The topological polar surface area (TPSA) is 51.0 Å². The summed E-state index contributed by atoms with van der Waals surface area (Å²) < 4.78 is 43.2. The van der Waals surface area contributed by atoms with Crippen LogP contribution in [0.5, 0.6) is 17.2 Å². The number of para-hydroxylation sites is 1. The molecule has 7 rings (SSSR count). The maximum atomic E-state index is 15.3. The van der Waals surface area contributed by atoms with E-state index in [0.29, 0.717) is 22.9 Å². The van der Waals surface area contributed by atoms with Gasteiger partial charge in [0.15, 0.2) is 28.8 Å². The average Bonchev–Trinajstić information content (AvgIpc) is 3.81. The number of rotatable bonds is 11. The van der Waals surface area contributed by atoms with Crippen LogP contribution in [0.1, 0.15) is 126 Å². The van der Waals surface area contributed by atoms with Crippen molar-refractivity contribution in [2.45, 2.75) is 111 Å². The number of aromatic amines is 1. The molecule has 5 nitrogen and oxygen atoms in total. The molecule has 280 valence electrons. The molecule has 3 aliphatic rings. The van der Waals surface area contributed by atoms with Gasteiger partial charge in [-0.3, -0.25) is 0 Å². The van der Waals surface area contributed by atoms with E-state index in [9.17, 15) is 4.39 Å². The minimum Gasteiger partial charge on any atom is -0.452 e. The summed E-state index contributed by atoms with van der Waals surface area (Å²) in [6, 6.07) is 19.6. The van der Waals surface area contributed by atoms with Crippen LogP contribution in [-0.2, 0) is 12.8 Å². The third kappa shape index (κ3) is 7.67. The molecule has 1 N–H and O–H groups in total. The molecular formula is C47H51F2N3O2. The highest BCUT2D eigenvalue weighted by Gasteiger charge is 2.37. The molecule has 0 bridgehead atoms. The van der Waals surface area contributed by atoms with Crippen LogP contribution >= 0.6 is 0 Å². The number of aromatic nitrogens is 1. The van der Waals surface area contributed by atoms with E-state index in [1.807, 2.05) is 18.2 Å². The number of ether oxygens (including phenoxy) is 2. The Labute approximate surface area is 319 Å². The summed E-state index contributed by atoms with van der Waals surface area (Å²) >= 11 is 0. The number of aliphatic imine (C=N–C) groups is 1. The van der Waals surface area contributed by atoms with Gasteiger partial charge in [-0.05, 0) is 84.8 Å². The molecule has 1 aromatic heterocycles. The smallest absolute Gasteiger partial charge is 0.187 e. The molecule has 0 radical (unpaired) electrons. The minimum atomic E-state index is -0.771. The van der Waals surface area contributed by atoms with Gasteiger partial charge in [-0.2, -0.15) is 0 Å². The Morgan fingerprint density at radius 2 is 1.48 bits per heavy atom. The van der Waals surface area contributed by atoms with Crippen molar-refractivity contribution in [1.29, 1.82) is 0 Å². The Bertz CT molecular complexity index is 2100. The van der Waals surface area contributed by atoms with Gasteiger partial charge in [0.1, 0.15) is 23.0 Å². The number of allylic oxidation sites excluding steroid dienone is 2. The molecule has 4 aromatic rings. The lowest BCUT2D eigenvalue weighted by Crippen LogP contribution is -2.18. The second kappa shape index (κ2) is 16.6. The molecule has 7 heteroatoms. The van der Waals surface area contributed by atoms with E-state index in [2.05, 4.69) is 67.9 Å². The van der Waals surface area contributed by atoms with Gasteiger partial charge < -0.3 is 14.5 Å². The summed E-state index contributed by atoms with van der Waals surface area (Å²) in [7, 11) is 0. The van der Waals surface area contributed by atoms with Crippen LogP contribution < -0.4 is 9.47 Å². The van der Waals surface area contributed by atoms with E-state index in [1.165, 1.54) is 25.0 Å². The summed E-state index contributed by atoms with van der Waals surface area (Å²) in [6.45, 7) is 16.3. The molecule has 0 unspecified atom stereocenters. The van der Waals surface area contributed by atoms with Crippen LogP contribution in [0.2, 0.25) is 0 Å². The molecule has 0 atom stereocenters. The van der Waals surface area contributed by atoms with Gasteiger partial charge in [0, 0.05) is 29.3 Å². The standard InChI is InChI=1S/C47H51F2N3O2/c1-6-30-19-14-20-31(7-2)46(30)54-47(44-40(53-39-26-23-35(48)27-37(39)49)28-38(51-44)32-15-10-8-11-16-32)45-41(29(3)4)42(33-21-24-36(50-5)25-22-33)43(52-45)34-17-12-9-13-18-34/h14,19-29,32,34,51H,6-13,15-18H2,1-4H3. The fraction of sp³-hybridized carbons (Fsp3) is 0.404. The van der Waals surface area contributed by atoms with Crippen molar-refractivity contribution in [3.8, 4) is 17.2 Å². The first-order valence-electron chi connectivity index (χ1n) is 20.0. The lowest BCUT2D eigenvalue weighted by molar-refractivity contribution is 0.429. The van der Waals surface area contributed by atoms with Crippen molar-refractivity contribution < 1.29 is 18.3 Å². The third-order valence-corrected chi connectivity index (χ3v) is 11.4. The van der Waals surface area contributed by atoms with Gasteiger partial charge in [0.05, 0.1) is 12.3 Å². The van der Waals surface area contributed by atoms with Gasteiger partial charge in [-0.25, -0.2) is 18.6 Å². The van der Waals surface area contributed by atoms with Gasteiger partial charge in [-0.15, -0.1) is 0 Å². The molecule has 0 spiro atoms. The molecule has 54 heavy (non-hydrogen) atoms. The van der Waals surface area contributed by atoms with Crippen molar-refractivity contribution >= 4 is 22.7 Å². The van der Waals surface area contributed by atoms with Crippen LogP contribution in [0, 0.1) is 30.0 Å². The van der Waals surface area contributed by atoms with Crippen LogP contribution in [0.3, 0.4) is 0 Å². The average molecular weight is 728 g/mol. The number of halogens is 2. The van der Waals surface area contributed by atoms with Crippen LogP contribution in [0.4, 0.5) is 14.5 Å². The molecule has 1 aliphatic heterocycles. The summed E-state index contributed by atoms with van der Waals surface area (Å²) in [4.78, 5) is 13.1. The van der Waals surface area contributed by atoms with Crippen molar-refractivity contribution in [1.82, 2.24) is 4.98 Å². The van der Waals surface area contributed by atoms with Gasteiger partial charge in [0.2, 0.25) is 0 Å². The van der Waals surface area contributed by atoms with Gasteiger partial charge >= 0.3 is 0 Å². The normalized spacial score (nSPS) is 17.9. The lowest BCUT2D eigenvalue weighted by Gasteiger charge is -2.24. The van der Waals surface area contributed by atoms with E-state index in [4.69, 9.17) is 21.0 Å². The monoisotopic (exact) mass is 727 g/mol. The first-order valence-corrected chi connectivity index (χ1v) is 20.0. The molecule has 2 heterocycles. The molecule has 2 fully saturated rings. The zero-order valence-corrected chi connectivity index (χ0v) is 32.0. The van der Waals surface area contributed by atoms with Crippen molar-refractivity contribution in [2.75, 3.05) is 0 Å². The maximum absolute atomic E-state index is 15.3. The van der Waals surface area contributed by atoms with Gasteiger partial charge in [-0.1, -0.05) is 109 Å². The van der Waals surface area contributed by atoms with E-state index in [-0.39, 0.29) is 23.5 Å². The van der Waals surface area contributed by atoms with Crippen LogP contribution in [0.15, 0.2) is 83.0 Å². The van der Waals surface area contributed by atoms with Crippen LogP contribution in [-0.4, -0.2) is 10.7 Å². The Balaban J connectivity index is 1.53. The molecule has 0 amide bonds. The predicted molar refractivity (Wildman–Crippen MR) is 214 cm³/mol. The molecule has 3 aromatic carbocycles. The number of benzene rings is 3. The third-order valence-electron chi connectivity index (χ3n) is 11.4. The van der Waals surface area contributed by atoms with E-state index in [1.54, 1.807) is 0 Å². The Morgan fingerprint density at radius 3 is 2.07 bits per heavy atom. The highest BCUT2D eigenvalue weighted by molar-refractivity contribution is 6.29. The highest BCUT2D eigenvalue weighted by Crippen LogP contribution is 2.48. The molecule has 0 saturated heterocycles. The molecule has 2 aliphatic carbocycles. The number of nitrogens with zero attached hydrogens (tertiary/aromatic N) is 2. The van der Waals surface area contributed by atoms with Crippen molar-refractivity contribution in [3.63, 3.8) is 0 Å². The Hall–Kier alpha value is -4.96. The quantitative estimate of drug-likeness (QED) is 0.124. The Morgan fingerprint density at radius 1 is 0.833 bits per heavy atom. The second-order valence-electron chi connectivity index (χ2n) is 15.3. The fourth-order valence-corrected chi connectivity index (χ4v) is 8.57. The van der Waals surface area contributed by atoms with Crippen molar-refractivity contribution in [3.05, 3.63) is 129 Å². The number of hydrogen-bond acceptors (Lipinski definition) is 3. The number of hydrogen-bond donors (Lipinski definition) is 1. The van der Waals surface area contributed by atoms with Gasteiger partial charge in [0.25, 0.3) is 0 Å². The van der Waals surface area contributed by atoms with Crippen LogP contribution in [0.25, 0.3) is 16.2 Å². The summed E-state index contributed by atoms with van der Waals surface area (Å²) in [5.74, 6) is 0.882. The largest absolute Gasteiger partial charge is 0.452 e. The van der Waals surface area contributed by atoms with E-state index in [0.717, 1.165) is 121 Å². The zero-order valence-electron chi connectivity index (χ0n) is 32.0.